The zero-order chi connectivity index (χ0) is 17.1. The Morgan fingerprint density at radius 2 is 1.88 bits per heavy atom. The van der Waals surface area contributed by atoms with Crippen LogP contribution < -0.4 is 10.9 Å². The van der Waals surface area contributed by atoms with Gasteiger partial charge in [0.05, 0.1) is 23.3 Å². The molecule has 0 aliphatic rings. The number of para-hydroxylation sites is 1. The lowest BCUT2D eigenvalue weighted by atomic mass is 10.1. The highest BCUT2D eigenvalue weighted by Crippen LogP contribution is 2.13. The summed E-state index contributed by atoms with van der Waals surface area (Å²) in [7, 11) is 0. The summed E-state index contributed by atoms with van der Waals surface area (Å²) in [6.45, 7) is 3.89. The van der Waals surface area contributed by atoms with Crippen molar-refractivity contribution >= 4 is 16.8 Å². The van der Waals surface area contributed by atoms with Gasteiger partial charge in [0.1, 0.15) is 6.54 Å². The highest BCUT2D eigenvalue weighted by Gasteiger charge is 2.11. The Morgan fingerprint density at radius 3 is 2.62 bits per heavy atom. The fourth-order valence-corrected chi connectivity index (χ4v) is 2.60. The molecule has 3 rings (SSSR count). The molecule has 1 atom stereocenters. The van der Waals surface area contributed by atoms with Gasteiger partial charge >= 0.3 is 0 Å². The Balaban J connectivity index is 1.74. The summed E-state index contributed by atoms with van der Waals surface area (Å²) in [6, 6.07) is 15.0. The second-order valence-electron chi connectivity index (χ2n) is 5.89. The molecule has 0 radical (unpaired) electrons. The number of carbonyl (C=O) groups excluding carboxylic acids is 1. The van der Waals surface area contributed by atoms with E-state index >= 15 is 0 Å². The topological polar surface area (TPSA) is 64.0 Å². The Bertz CT molecular complexity index is 929. The van der Waals surface area contributed by atoms with Crippen LogP contribution in [0.25, 0.3) is 10.9 Å². The van der Waals surface area contributed by atoms with Gasteiger partial charge in [0, 0.05) is 0 Å². The number of benzene rings is 2. The maximum atomic E-state index is 12.4. The van der Waals surface area contributed by atoms with Crippen LogP contribution in [-0.2, 0) is 11.3 Å². The van der Waals surface area contributed by atoms with Gasteiger partial charge in [-0.15, -0.1) is 0 Å². The van der Waals surface area contributed by atoms with E-state index in [2.05, 4.69) is 10.3 Å². The van der Waals surface area contributed by atoms with Gasteiger partial charge < -0.3 is 5.32 Å². The molecular weight excluding hydrogens is 302 g/mol. The largest absolute Gasteiger partial charge is 0.348 e. The predicted octanol–water partition coefficient (Wildman–Crippen LogP) is 2.58. The van der Waals surface area contributed by atoms with Gasteiger partial charge in [-0.05, 0) is 31.5 Å². The zero-order valence-corrected chi connectivity index (χ0v) is 13.7. The third-order valence-electron chi connectivity index (χ3n) is 4.00. The van der Waals surface area contributed by atoms with Gasteiger partial charge in [-0.1, -0.05) is 42.0 Å². The molecule has 0 aliphatic carbocycles. The van der Waals surface area contributed by atoms with E-state index in [-0.39, 0.29) is 24.1 Å². The molecule has 0 saturated carbocycles. The van der Waals surface area contributed by atoms with Crippen molar-refractivity contribution in [1.82, 2.24) is 14.9 Å². The summed E-state index contributed by atoms with van der Waals surface area (Å²) in [6.07, 6.45) is 1.42. The Hall–Kier alpha value is -2.95. The standard InChI is InChI=1S/C19H19N3O2/c1-13-7-9-15(10-8-13)14(2)21-18(23)11-22-12-20-17-6-4-3-5-16(17)19(22)24/h3-10,12,14H,11H2,1-2H3,(H,21,23). The van der Waals surface area contributed by atoms with Crippen molar-refractivity contribution in [2.75, 3.05) is 0 Å². The van der Waals surface area contributed by atoms with Gasteiger partial charge in [0.2, 0.25) is 5.91 Å². The third-order valence-corrected chi connectivity index (χ3v) is 4.00. The fraction of sp³-hybridized carbons (Fsp3) is 0.211. The van der Waals surface area contributed by atoms with Crippen molar-refractivity contribution in [3.05, 3.63) is 76.3 Å². The van der Waals surface area contributed by atoms with Gasteiger partial charge in [0.25, 0.3) is 5.56 Å². The highest BCUT2D eigenvalue weighted by atomic mass is 16.2. The van der Waals surface area contributed by atoms with Gasteiger partial charge in [-0.3, -0.25) is 14.2 Å². The molecule has 5 heteroatoms. The van der Waals surface area contributed by atoms with Gasteiger partial charge in [-0.25, -0.2) is 4.98 Å². The molecule has 5 nitrogen and oxygen atoms in total. The molecule has 24 heavy (non-hydrogen) atoms. The first kappa shape index (κ1) is 15.9. The van der Waals surface area contributed by atoms with Gasteiger partial charge in [0.15, 0.2) is 0 Å². The molecule has 0 saturated heterocycles. The molecule has 0 spiro atoms. The first-order valence-corrected chi connectivity index (χ1v) is 7.85. The summed E-state index contributed by atoms with van der Waals surface area (Å²) < 4.78 is 1.33. The highest BCUT2D eigenvalue weighted by molar-refractivity contribution is 5.79. The van der Waals surface area contributed by atoms with Crippen LogP contribution in [0.2, 0.25) is 0 Å². The van der Waals surface area contributed by atoms with E-state index in [9.17, 15) is 9.59 Å². The minimum absolute atomic E-state index is 0.0487. The van der Waals surface area contributed by atoms with Crippen LogP contribution in [-0.4, -0.2) is 15.5 Å². The van der Waals surface area contributed by atoms with E-state index in [0.29, 0.717) is 10.9 Å². The summed E-state index contributed by atoms with van der Waals surface area (Å²) >= 11 is 0. The number of nitrogens with zero attached hydrogens (tertiary/aromatic N) is 2. The molecule has 1 heterocycles. The molecule has 0 fully saturated rings. The zero-order valence-electron chi connectivity index (χ0n) is 13.7. The number of rotatable bonds is 4. The lowest BCUT2D eigenvalue weighted by Crippen LogP contribution is -2.33. The van der Waals surface area contributed by atoms with Crippen molar-refractivity contribution in [2.45, 2.75) is 26.4 Å². The maximum Gasteiger partial charge on any atom is 0.261 e. The quantitative estimate of drug-likeness (QED) is 0.803. The SMILES string of the molecule is Cc1ccc(C(C)NC(=O)Cn2cnc3ccccc3c2=O)cc1. The van der Waals surface area contributed by atoms with Crippen molar-refractivity contribution < 1.29 is 4.79 Å². The molecule has 1 amide bonds. The smallest absolute Gasteiger partial charge is 0.261 e. The summed E-state index contributed by atoms with van der Waals surface area (Å²) in [5, 5.41) is 3.43. The number of hydrogen-bond donors (Lipinski definition) is 1. The van der Waals surface area contributed by atoms with Crippen LogP contribution in [0.15, 0.2) is 59.7 Å². The maximum absolute atomic E-state index is 12.4. The molecule has 0 aliphatic heterocycles. The van der Waals surface area contributed by atoms with Crippen LogP contribution >= 0.6 is 0 Å². The van der Waals surface area contributed by atoms with Crippen LogP contribution in [0.1, 0.15) is 24.1 Å². The first-order chi connectivity index (χ1) is 11.5. The van der Waals surface area contributed by atoms with Crippen LogP contribution in [0, 0.1) is 6.92 Å². The van der Waals surface area contributed by atoms with E-state index in [0.717, 1.165) is 5.56 Å². The first-order valence-electron chi connectivity index (χ1n) is 7.85. The molecular formula is C19H19N3O2. The predicted molar refractivity (Wildman–Crippen MR) is 93.7 cm³/mol. The van der Waals surface area contributed by atoms with E-state index < -0.39 is 0 Å². The Morgan fingerprint density at radius 1 is 1.17 bits per heavy atom. The molecule has 122 valence electrons. The fourth-order valence-electron chi connectivity index (χ4n) is 2.60. The van der Waals surface area contributed by atoms with Crippen molar-refractivity contribution in [1.29, 1.82) is 0 Å². The van der Waals surface area contributed by atoms with Crippen LogP contribution in [0.3, 0.4) is 0 Å². The molecule has 2 aromatic carbocycles. The Kier molecular flexibility index (Phi) is 4.42. The number of aromatic nitrogens is 2. The average molecular weight is 321 g/mol. The molecule has 1 aromatic heterocycles. The van der Waals surface area contributed by atoms with Crippen molar-refractivity contribution in [2.24, 2.45) is 0 Å². The molecule has 3 aromatic rings. The second kappa shape index (κ2) is 6.66. The lowest BCUT2D eigenvalue weighted by Gasteiger charge is -2.15. The number of aryl methyl sites for hydroxylation is 1. The third kappa shape index (κ3) is 3.35. The number of fused-ring (bicyclic) bond motifs is 1. The van der Waals surface area contributed by atoms with E-state index in [4.69, 9.17) is 0 Å². The number of amides is 1. The van der Waals surface area contributed by atoms with Gasteiger partial charge in [-0.2, -0.15) is 0 Å². The van der Waals surface area contributed by atoms with Crippen molar-refractivity contribution in [3.63, 3.8) is 0 Å². The summed E-state index contributed by atoms with van der Waals surface area (Å²) in [4.78, 5) is 28.9. The van der Waals surface area contributed by atoms with Crippen molar-refractivity contribution in [3.8, 4) is 0 Å². The molecule has 0 bridgehead atoms. The summed E-state index contributed by atoms with van der Waals surface area (Å²) in [5.41, 5.74) is 2.62. The van der Waals surface area contributed by atoms with E-state index in [1.807, 2.05) is 44.2 Å². The monoisotopic (exact) mass is 321 g/mol. The van der Waals surface area contributed by atoms with Crippen LogP contribution in [0.4, 0.5) is 0 Å². The summed E-state index contributed by atoms with van der Waals surface area (Å²) in [5.74, 6) is -0.220. The normalized spacial score (nSPS) is 12.1. The number of hydrogen-bond acceptors (Lipinski definition) is 3. The minimum Gasteiger partial charge on any atom is -0.348 e. The van der Waals surface area contributed by atoms with E-state index in [1.165, 1.54) is 16.5 Å². The lowest BCUT2D eigenvalue weighted by molar-refractivity contribution is -0.122. The number of nitrogens with one attached hydrogen (secondary N) is 1. The number of carbonyl (C=O) groups is 1. The van der Waals surface area contributed by atoms with E-state index in [1.54, 1.807) is 18.2 Å². The van der Waals surface area contributed by atoms with Crippen LogP contribution in [0.5, 0.6) is 0 Å². The second-order valence-corrected chi connectivity index (χ2v) is 5.89. The Labute approximate surface area is 140 Å². The molecule has 1 N–H and O–H groups in total. The minimum atomic E-state index is -0.220. The molecule has 1 unspecified atom stereocenters. The average Bonchev–Trinajstić information content (AvgIpc) is 2.58.